The summed E-state index contributed by atoms with van der Waals surface area (Å²) in [6.07, 6.45) is 12.1. The molecule has 0 aliphatic carbocycles. The Morgan fingerprint density at radius 2 is 0.983 bits per heavy atom. The maximum absolute atomic E-state index is 15.1. The second kappa shape index (κ2) is 19.4. The zero-order valence-electron chi connectivity index (χ0n) is 33.1. The van der Waals surface area contributed by atoms with Crippen LogP contribution in [0.5, 0.6) is 0 Å². The Labute approximate surface area is 355 Å². The van der Waals surface area contributed by atoms with Crippen LogP contribution in [0, 0.1) is 57.2 Å². The number of hydrogen-bond donors (Lipinski definition) is 0. The molecule has 0 fully saturated rings. The van der Waals surface area contributed by atoms with E-state index in [0.29, 0.717) is 44.7 Å². The van der Waals surface area contributed by atoms with Gasteiger partial charge in [0.05, 0.1) is 41.4 Å². The minimum absolute atomic E-state index is 0.0800. The van der Waals surface area contributed by atoms with E-state index in [1.54, 1.807) is 12.1 Å². The van der Waals surface area contributed by atoms with Crippen molar-refractivity contribution in [1.82, 2.24) is 9.80 Å². The van der Waals surface area contributed by atoms with Gasteiger partial charge >= 0.3 is 0 Å². The van der Waals surface area contributed by atoms with Gasteiger partial charge in [0.2, 0.25) is 0 Å². The molecular weight excluding hydrogens is 797 g/mol. The fourth-order valence-electron chi connectivity index (χ4n) is 7.40. The Balaban J connectivity index is 1.52. The van der Waals surface area contributed by atoms with Gasteiger partial charge in [0.25, 0.3) is 11.8 Å². The number of rotatable bonds is 16. The summed E-state index contributed by atoms with van der Waals surface area (Å²) < 4.78 is 3.03. The molecule has 2 amide bonds. The van der Waals surface area contributed by atoms with Crippen molar-refractivity contribution in [1.29, 1.82) is 21.0 Å². The second-order valence-corrected chi connectivity index (χ2v) is 18.9. The number of carbonyl (C=O) groups is 2. The largest absolute Gasteiger partial charge is 0.306 e. The van der Waals surface area contributed by atoms with Crippen LogP contribution in [0.25, 0.3) is 34.7 Å². The molecule has 2 unspecified atom stereocenters. The van der Waals surface area contributed by atoms with Crippen LogP contribution in [0.2, 0.25) is 0 Å². The van der Waals surface area contributed by atoms with Crippen molar-refractivity contribution in [3.63, 3.8) is 0 Å². The van der Waals surface area contributed by atoms with Crippen molar-refractivity contribution in [2.45, 2.75) is 79.1 Å². The Hall–Kier alpha value is -5.34. The number of hydrogen-bond acceptors (Lipinski definition) is 10. The van der Waals surface area contributed by atoms with Crippen molar-refractivity contribution in [3.05, 3.63) is 97.3 Å². The third-order valence-electron chi connectivity index (χ3n) is 10.6. The van der Waals surface area contributed by atoms with Crippen molar-refractivity contribution in [3.8, 4) is 24.3 Å². The Morgan fingerprint density at radius 1 is 0.586 bits per heavy atom. The lowest BCUT2D eigenvalue weighted by molar-refractivity contribution is -0.124. The van der Waals surface area contributed by atoms with Crippen molar-refractivity contribution in [2.24, 2.45) is 11.8 Å². The first-order valence-electron chi connectivity index (χ1n) is 19.8. The molecule has 294 valence electrons. The molecule has 58 heavy (non-hydrogen) atoms. The van der Waals surface area contributed by atoms with Gasteiger partial charge < -0.3 is 9.80 Å². The molecule has 8 nitrogen and oxygen atoms in total. The summed E-state index contributed by atoms with van der Waals surface area (Å²) >= 11 is 5.81. The van der Waals surface area contributed by atoms with Crippen LogP contribution in [-0.4, -0.2) is 34.7 Å². The number of thiophene rings is 4. The van der Waals surface area contributed by atoms with Gasteiger partial charge in [-0.15, -0.1) is 45.3 Å². The number of amides is 2. The smallest absolute Gasteiger partial charge is 0.261 e. The Kier molecular flexibility index (Phi) is 14.1. The molecule has 0 bridgehead atoms. The highest BCUT2D eigenvalue weighted by Crippen LogP contribution is 2.49. The normalized spacial score (nSPS) is 15.4. The molecular formula is C46H44N6O2S4. The second-order valence-electron chi connectivity index (χ2n) is 14.4. The fraction of sp³-hybridized carbons (Fsp3) is 0.348. The molecule has 2 atom stereocenters. The van der Waals surface area contributed by atoms with Gasteiger partial charge in [-0.2, -0.15) is 21.0 Å². The van der Waals surface area contributed by atoms with Crippen LogP contribution >= 0.6 is 45.3 Å². The summed E-state index contributed by atoms with van der Waals surface area (Å²) in [5.74, 6) is 0.269. The fourth-order valence-corrected chi connectivity index (χ4v) is 11.4. The molecule has 0 saturated carbocycles. The quantitative estimate of drug-likeness (QED) is 0.112. The molecule has 6 rings (SSSR count). The molecule has 0 N–H and O–H groups in total. The average molecular weight is 841 g/mol. The highest BCUT2D eigenvalue weighted by molar-refractivity contribution is 7.15. The molecule has 2 aliphatic heterocycles. The van der Waals surface area contributed by atoms with Gasteiger partial charge in [0.15, 0.2) is 0 Å². The first-order chi connectivity index (χ1) is 28.2. The van der Waals surface area contributed by atoms with E-state index in [4.69, 9.17) is 0 Å². The summed E-state index contributed by atoms with van der Waals surface area (Å²) in [4.78, 5) is 37.5. The van der Waals surface area contributed by atoms with E-state index in [9.17, 15) is 21.0 Å². The average Bonchev–Trinajstić information content (AvgIpc) is 4.11. The first-order valence-corrected chi connectivity index (χ1v) is 23.1. The zero-order valence-corrected chi connectivity index (χ0v) is 36.4. The van der Waals surface area contributed by atoms with E-state index < -0.39 is 0 Å². The molecule has 12 heteroatoms. The first kappa shape index (κ1) is 42.3. The van der Waals surface area contributed by atoms with Crippen LogP contribution in [0.1, 0.15) is 98.6 Å². The van der Waals surface area contributed by atoms with Gasteiger partial charge in [0.1, 0.15) is 35.4 Å². The molecule has 6 heterocycles. The maximum atomic E-state index is 15.1. The number of fused-ring (bicyclic) bond motifs is 1. The number of nitrogens with zero attached hydrogens (tertiary/aromatic N) is 6. The maximum Gasteiger partial charge on any atom is 0.261 e. The van der Waals surface area contributed by atoms with Crippen LogP contribution in [0.4, 0.5) is 0 Å². The molecule has 2 aliphatic rings. The van der Waals surface area contributed by atoms with Gasteiger partial charge in [-0.25, -0.2) is 0 Å². The lowest BCUT2D eigenvalue weighted by Crippen LogP contribution is -2.34. The van der Waals surface area contributed by atoms with E-state index in [0.717, 1.165) is 79.9 Å². The molecule has 0 radical (unpaired) electrons. The van der Waals surface area contributed by atoms with Gasteiger partial charge in [0, 0.05) is 31.9 Å². The van der Waals surface area contributed by atoms with Crippen molar-refractivity contribution in [2.75, 3.05) is 13.1 Å². The van der Waals surface area contributed by atoms with Crippen LogP contribution in [0.15, 0.2) is 59.7 Å². The lowest BCUT2D eigenvalue weighted by Gasteiger charge is -2.29. The summed E-state index contributed by atoms with van der Waals surface area (Å²) in [6.45, 7) is 9.74. The van der Waals surface area contributed by atoms with Gasteiger partial charge in [-0.1, -0.05) is 66.2 Å². The topological polar surface area (TPSA) is 136 Å². The minimum Gasteiger partial charge on any atom is -0.306 e. The van der Waals surface area contributed by atoms with Crippen molar-refractivity contribution < 1.29 is 9.59 Å². The predicted octanol–water partition coefficient (Wildman–Crippen LogP) is 8.23. The highest BCUT2D eigenvalue weighted by Gasteiger charge is 2.50. The molecule has 4 aromatic heterocycles. The van der Waals surface area contributed by atoms with E-state index in [1.807, 2.05) is 82.6 Å². The van der Waals surface area contributed by atoms with Crippen LogP contribution < -0.4 is 18.1 Å². The van der Waals surface area contributed by atoms with Crippen LogP contribution in [-0.2, 0) is 9.59 Å². The van der Waals surface area contributed by atoms with Gasteiger partial charge in [-0.05, 0) is 85.4 Å². The van der Waals surface area contributed by atoms with Crippen LogP contribution in [0.3, 0.4) is 0 Å². The summed E-state index contributed by atoms with van der Waals surface area (Å²) in [5, 5.41) is 37.5. The lowest BCUT2D eigenvalue weighted by atomic mass is 9.98. The number of nitriles is 4. The van der Waals surface area contributed by atoms with E-state index in [1.165, 1.54) is 45.3 Å². The molecule has 0 spiro atoms. The highest BCUT2D eigenvalue weighted by atomic mass is 32.1. The SMILES string of the molecule is CCCCC(CC)CN1C(=O)C2=C(c3ccc(/C=c4\ccc(=C(C#N)C#N)s4)s3)N(CC(CC)CCCC)C(=O)C2=C1c1ccc(/C=c2\ccc(=C(C#N)C#N)s2)s1. The van der Waals surface area contributed by atoms with Crippen molar-refractivity contribution >= 4 is 91.9 Å². The molecule has 0 aromatic carbocycles. The Bertz CT molecular complexity index is 2490. The summed E-state index contributed by atoms with van der Waals surface area (Å²) in [5.41, 5.74) is 2.47. The van der Waals surface area contributed by atoms with E-state index in [2.05, 4.69) is 27.7 Å². The molecule has 4 aromatic rings. The number of carbonyl (C=O) groups excluding carboxylic acids is 2. The summed E-state index contributed by atoms with van der Waals surface area (Å²) in [6, 6.07) is 23.3. The predicted molar refractivity (Wildman–Crippen MR) is 236 cm³/mol. The standard InChI is InChI=1S/C46H44N6O2S4/c1-5-9-11-29(7-3)27-51-43(39-19-15-35(57-39)21-33-13-17-37(55-33)31(23-47)24-48)41-42(45(51)53)44(52(46(41)54)28-30(8-4)12-10-6-2)40-20-16-36(58-40)22-34-14-18-38(56-34)32(25-49)26-50/h13-22,29-30H,5-12,27-28H2,1-4H3/b33-21+,34-22+. The number of unbranched alkanes of at least 4 members (excludes halogenated alkanes) is 2. The van der Waals surface area contributed by atoms with E-state index in [-0.39, 0.29) is 34.8 Å². The third kappa shape index (κ3) is 8.87. The Morgan fingerprint density at radius 3 is 1.33 bits per heavy atom. The summed E-state index contributed by atoms with van der Waals surface area (Å²) in [7, 11) is 0. The minimum atomic E-state index is -0.136. The monoisotopic (exact) mass is 840 g/mol. The molecule has 0 saturated heterocycles. The zero-order chi connectivity index (χ0) is 41.3. The van der Waals surface area contributed by atoms with E-state index >= 15 is 9.59 Å². The third-order valence-corrected chi connectivity index (χ3v) is 14.8. The van der Waals surface area contributed by atoms with Gasteiger partial charge in [-0.3, -0.25) is 9.59 Å².